The van der Waals surface area contributed by atoms with Gasteiger partial charge in [0.05, 0.1) is 24.8 Å². The van der Waals surface area contributed by atoms with Gasteiger partial charge in [-0.3, -0.25) is 0 Å². The zero-order chi connectivity index (χ0) is 26.2. The maximum Gasteiger partial charge on any atom is 0.410 e. The van der Waals surface area contributed by atoms with Gasteiger partial charge in [-0.05, 0) is 77.2 Å². The number of aryl methyl sites for hydroxylation is 2. The number of carbonyl (C=O) groups excluding carboxylic acids is 1. The summed E-state index contributed by atoms with van der Waals surface area (Å²) in [6.45, 7) is 9.27. The minimum atomic E-state index is -0.507. The molecule has 9 nitrogen and oxygen atoms in total. The molecule has 2 atom stereocenters. The number of methoxy groups -OCH3 is 1. The number of amides is 1. The molecule has 1 aromatic carbocycles. The Balaban J connectivity index is 1.35. The van der Waals surface area contributed by atoms with Crippen LogP contribution in [0.4, 0.5) is 4.79 Å². The molecule has 196 valence electrons. The second-order valence-corrected chi connectivity index (χ2v) is 10.9. The average Bonchev–Trinajstić information content (AvgIpc) is 3.60. The normalized spacial score (nSPS) is 19.9. The number of ether oxygens (including phenoxy) is 2. The number of nitrogens with zero attached hydrogens (tertiary/aromatic N) is 6. The summed E-state index contributed by atoms with van der Waals surface area (Å²) in [5.41, 5.74) is 2.37. The standard InChI is InChI=1S/C28H36N6O3/c1-19-17-32(18-29-19)23-12-10-20(16-24(23)36-5)11-13-25-30-26-21(8-6-15-34(26)31-25)22-9-7-14-33(22)27(35)37-28(2,3)4/h10-13,16-18,21-22H,6-9,14-15H2,1-5H3/b13-11+. The number of benzene rings is 1. The zero-order valence-electron chi connectivity index (χ0n) is 22.3. The van der Waals surface area contributed by atoms with Crippen molar-refractivity contribution in [2.24, 2.45) is 0 Å². The summed E-state index contributed by atoms with van der Waals surface area (Å²) in [6, 6.07) is 6.15. The lowest BCUT2D eigenvalue weighted by Crippen LogP contribution is -2.43. The SMILES string of the molecule is COc1cc(/C=C/c2nc3n(n2)CCCC3C2CCCN2C(=O)OC(C)(C)C)ccc1-n1cnc(C)c1. The van der Waals surface area contributed by atoms with Crippen LogP contribution in [-0.4, -0.2) is 60.6 Å². The lowest BCUT2D eigenvalue weighted by atomic mass is 9.90. The number of hydrogen-bond donors (Lipinski definition) is 0. The smallest absolute Gasteiger partial charge is 0.410 e. The van der Waals surface area contributed by atoms with Gasteiger partial charge in [0.25, 0.3) is 0 Å². The quantitative estimate of drug-likeness (QED) is 0.473. The molecule has 37 heavy (non-hydrogen) atoms. The Morgan fingerprint density at radius 1 is 1.14 bits per heavy atom. The van der Waals surface area contributed by atoms with Crippen molar-refractivity contribution in [3.63, 3.8) is 0 Å². The van der Waals surface area contributed by atoms with Gasteiger partial charge in [0.2, 0.25) is 0 Å². The molecule has 2 aromatic heterocycles. The van der Waals surface area contributed by atoms with Crippen molar-refractivity contribution in [3.05, 3.63) is 53.6 Å². The topological polar surface area (TPSA) is 87.3 Å². The molecule has 1 saturated heterocycles. The molecule has 0 spiro atoms. The van der Waals surface area contributed by atoms with Crippen molar-refractivity contribution >= 4 is 18.2 Å². The van der Waals surface area contributed by atoms with E-state index in [4.69, 9.17) is 19.6 Å². The molecule has 4 heterocycles. The zero-order valence-corrected chi connectivity index (χ0v) is 22.3. The molecule has 3 aromatic rings. The summed E-state index contributed by atoms with van der Waals surface area (Å²) in [4.78, 5) is 24.0. The van der Waals surface area contributed by atoms with E-state index in [9.17, 15) is 4.79 Å². The number of imidazole rings is 1. The van der Waals surface area contributed by atoms with Crippen LogP contribution in [0.2, 0.25) is 0 Å². The fraction of sp³-hybridized carbons (Fsp3) is 0.500. The maximum absolute atomic E-state index is 12.9. The number of fused-ring (bicyclic) bond motifs is 1. The third-order valence-electron chi connectivity index (χ3n) is 6.94. The fourth-order valence-electron chi connectivity index (χ4n) is 5.33. The molecule has 5 rings (SSSR count). The van der Waals surface area contributed by atoms with E-state index in [1.54, 1.807) is 13.4 Å². The Bertz CT molecular complexity index is 1300. The first-order chi connectivity index (χ1) is 17.7. The van der Waals surface area contributed by atoms with Gasteiger partial charge >= 0.3 is 6.09 Å². The van der Waals surface area contributed by atoms with E-state index < -0.39 is 5.60 Å². The van der Waals surface area contributed by atoms with Gasteiger partial charge in [0.15, 0.2) is 5.82 Å². The molecule has 2 unspecified atom stereocenters. The van der Waals surface area contributed by atoms with Gasteiger partial charge in [0.1, 0.15) is 17.2 Å². The highest BCUT2D eigenvalue weighted by molar-refractivity contribution is 5.70. The van der Waals surface area contributed by atoms with Gasteiger partial charge in [-0.15, -0.1) is 0 Å². The minimum Gasteiger partial charge on any atom is -0.495 e. The van der Waals surface area contributed by atoms with Crippen LogP contribution in [0.1, 0.15) is 75.3 Å². The van der Waals surface area contributed by atoms with Crippen LogP contribution in [0.25, 0.3) is 17.8 Å². The van der Waals surface area contributed by atoms with Gasteiger partial charge in [-0.1, -0.05) is 12.1 Å². The molecule has 0 N–H and O–H groups in total. The lowest BCUT2D eigenvalue weighted by molar-refractivity contribution is 0.0194. The molecule has 1 amide bonds. The van der Waals surface area contributed by atoms with Crippen molar-refractivity contribution < 1.29 is 14.3 Å². The van der Waals surface area contributed by atoms with E-state index in [0.29, 0.717) is 5.82 Å². The Kier molecular flexibility index (Phi) is 6.79. The van der Waals surface area contributed by atoms with E-state index in [0.717, 1.165) is 67.3 Å². The van der Waals surface area contributed by atoms with Gasteiger partial charge in [-0.25, -0.2) is 19.4 Å². The second-order valence-electron chi connectivity index (χ2n) is 10.9. The van der Waals surface area contributed by atoms with E-state index >= 15 is 0 Å². The van der Waals surface area contributed by atoms with Crippen LogP contribution in [0.15, 0.2) is 30.7 Å². The van der Waals surface area contributed by atoms with Crippen molar-refractivity contribution in [2.45, 2.75) is 77.5 Å². The largest absolute Gasteiger partial charge is 0.495 e. The van der Waals surface area contributed by atoms with Gasteiger partial charge < -0.3 is 18.9 Å². The molecular weight excluding hydrogens is 468 g/mol. The Morgan fingerprint density at radius 3 is 2.68 bits per heavy atom. The minimum absolute atomic E-state index is 0.0959. The van der Waals surface area contributed by atoms with E-state index in [1.165, 1.54) is 0 Å². The van der Waals surface area contributed by atoms with Crippen molar-refractivity contribution in [2.75, 3.05) is 13.7 Å². The van der Waals surface area contributed by atoms with E-state index in [2.05, 4.69) is 4.98 Å². The highest BCUT2D eigenvalue weighted by Gasteiger charge is 2.40. The van der Waals surface area contributed by atoms with Crippen LogP contribution in [-0.2, 0) is 11.3 Å². The maximum atomic E-state index is 12.9. The first kappa shape index (κ1) is 25.0. The van der Waals surface area contributed by atoms with E-state index in [1.807, 2.05) is 78.4 Å². The molecule has 0 saturated carbocycles. The Morgan fingerprint density at radius 2 is 1.95 bits per heavy atom. The molecule has 2 aliphatic heterocycles. The third kappa shape index (κ3) is 5.40. The van der Waals surface area contributed by atoms with Crippen LogP contribution < -0.4 is 4.74 Å². The summed E-state index contributed by atoms with van der Waals surface area (Å²) in [7, 11) is 1.67. The third-order valence-corrected chi connectivity index (χ3v) is 6.94. The number of carbonyl (C=O) groups is 1. The molecular formula is C28H36N6O3. The molecule has 9 heteroatoms. The van der Waals surface area contributed by atoms with Crippen LogP contribution in [0.5, 0.6) is 5.75 Å². The molecule has 0 bridgehead atoms. The van der Waals surface area contributed by atoms with Gasteiger partial charge in [-0.2, -0.15) is 5.10 Å². The summed E-state index contributed by atoms with van der Waals surface area (Å²) >= 11 is 0. The van der Waals surface area contributed by atoms with E-state index in [-0.39, 0.29) is 18.1 Å². The van der Waals surface area contributed by atoms with Crippen LogP contribution in [0.3, 0.4) is 0 Å². The number of aromatic nitrogens is 5. The first-order valence-corrected chi connectivity index (χ1v) is 13.0. The second kappa shape index (κ2) is 10.0. The number of likely N-dealkylation sites (tertiary alicyclic amines) is 1. The van der Waals surface area contributed by atoms with Crippen LogP contribution >= 0.6 is 0 Å². The number of hydrogen-bond acceptors (Lipinski definition) is 6. The van der Waals surface area contributed by atoms with Crippen molar-refractivity contribution in [1.82, 2.24) is 29.2 Å². The molecule has 0 aliphatic carbocycles. The van der Waals surface area contributed by atoms with Crippen LogP contribution in [0, 0.1) is 6.92 Å². The van der Waals surface area contributed by atoms with Crippen molar-refractivity contribution in [1.29, 1.82) is 0 Å². The van der Waals surface area contributed by atoms with Crippen molar-refractivity contribution in [3.8, 4) is 11.4 Å². The highest BCUT2D eigenvalue weighted by Crippen LogP contribution is 2.37. The first-order valence-electron chi connectivity index (χ1n) is 13.0. The molecule has 0 radical (unpaired) electrons. The summed E-state index contributed by atoms with van der Waals surface area (Å²) in [6.07, 6.45) is 11.4. The summed E-state index contributed by atoms with van der Waals surface area (Å²) in [5, 5.41) is 4.77. The summed E-state index contributed by atoms with van der Waals surface area (Å²) in [5.74, 6) is 2.57. The average molecular weight is 505 g/mol. The fourth-order valence-corrected chi connectivity index (χ4v) is 5.33. The predicted molar refractivity (Wildman–Crippen MR) is 142 cm³/mol. The summed E-state index contributed by atoms with van der Waals surface area (Å²) < 4.78 is 15.3. The number of rotatable bonds is 5. The lowest BCUT2D eigenvalue weighted by Gasteiger charge is -2.34. The Hall–Kier alpha value is -3.62. The Labute approximate surface area is 218 Å². The molecule has 1 fully saturated rings. The monoisotopic (exact) mass is 504 g/mol. The van der Waals surface area contributed by atoms with Gasteiger partial charge in [0, 0.05) is 31.2 Å². The highest BCUT2D eigenvalue weighted by atomic mass is 16.6. The molecule has 2 aliphatic rings. The predicted octanol–water partition coefficient (Wildman–Crippen LogP) is 5.23.